The van der Waals surface area contributed by atoms with Crippen LogP contribution in [0, 0.1) is 5.82 Å². The van der Waals surface area contributed by atoms with Gasteiger partial charge in [0.15, 0.2) is 0 Å². The van der Waals surface area contributed by atoms with Crippen LogP contribution < -0.4 is 0 Å². The molecule has 86 valence electrons. The first kappa shape index (κ1) is 10.8. The molecular weight excluding hydrogens is 231 g/mol. The average Bonchev–Trinajstić information content (AvgIpc) is 2.49. The number of benzene rings is 2. The van der Waals surface area contributed by atoms with Gasteiger partial charge in [0.1, 0.15) is 5.82 Å². The van der Waals surface area contributed by atoms with Crippen molar-refractivity contribution < 1.29 is 4.39 Å². The SMILES string of the molecule is C[C@H]1c2ccccc2SCc2cccc(F)c21. The van der Waals surface area contributed by atoms with Crippen LogP contribution in [0.5, 0.6) is 0 Å². The summed E-state index contributed by atoms with van der Waals surface area (Å²) in [5, 5.41) is 0. The Labute approximate surface area is 105 Å². The Bertz CT molecular complexity index is 563. The zero-order valence-electron chi connectivity index (χ0n) is 9.61. The van der Waals surface area contributed by atoms with Crippen LogP contribution in [0.15, 0.2) is 47.4 Å². The molecule has 0 bridgehead atoms. The van der Waals surface area contributed by atoms with E-state index in [4.69, 9.17) is 0 Å². The Kier molecular flexibility index (Phi) is 2.67. The predicted octanol–water partition coefficient (Wildman–Crippen LogP) is 4.58. The van der Waals surface area contributed by atoms with E-state index in [1.165, 1.54) is 10.5 Å². The van der Waals surface area contributed by atoms with E-state index in [1.54, 1.807) is 23.9 Å². The number of rotatable bonds is 0. The van der Waals surface area contributed by atoms with Crippen LogP contribution in [-0.4, -0.2) is 0 Å². The fraction of sp³-hybridized carbons (Fsp3) is 0.200. The van der Waals surface area contributed by atoms with E-state index in [0.717, 1.165) is 16.9 Å². The molecule has 0 nitrogen and oxygen atoms in total. The highest BCUT2D eigenvalue weighted by atomic mass is 32.2. The van der Waals surface area contributed by atoms with Gasteiger partial charge in [-0.25, -0.2) is 4.39 Å². The summed E-state index contributed by atoms with van der Waals surface area (Å²) in [6, 6.07) is 13.7. The molecule has 0 spiro atoms. The smallest absolute Gasteiger partial charge is 0.127 e. The zero-order valence-corrected chi connectivity index (χ0v) is 10.4. The first-order chi connectivity index (χ1) is 8.27. The first-order valence-corrected chi connectivity index (χ1v) is 6.75. The van der Waals surface area contributed by atoms with Crippen LogP contribution in [0.4, 0.5) is 4.39 Å². The standard InChI is InChI=1S/C15H13FS/c1-10-12-6-2-3-8-14(12)17-9-11-5-4-7-13(16)15(10)11/h2-8,10H,9H2,1H3/t10-/m0/s1. The molecule has 2 heteroatoms. The van der Waals surface area contributed by atoms with Gasteiger partial charge in [0.05, 0.1) is 0 Å². The van der Waals surface area contributed by atoms with Crippen LogP contribution in [0.1, 0.15) is 29.5 Å². The lowest BCUT2D eigenvalue weighted by atomic mass is 9.90. The van der Waals surface area contributed by atoms with Gasteiger partial charge in [-0.3, -0.25) is 0 Å². The molecule has 0 amide bonds. The lowest BCUT2D eigenvalue weighted by Crippen LogP contribution is -2.02. The summed E-state index contributed by atoms with van der Waals surface area (Å²) in [4.78, 5) is 1.27. The molecule has 0 radical (unpaired) electrons. The fourth-order valence-corrected chi connectivity index (χ4v) is 3.62. The predicted molar refractivity (Wildman–Crippen MR) is 69.9 cm³/mol. The largest absolute Gasteiger partial charge is 0.207 e. The molecule has 2 aromatic rings. The third-order valence-corrected chi connectivity index (χ3v) is 4.48. The molecule has 17 heavy (non-hydrogen) atoms. The van der Waals surface area contributed by atoms with Gasteiger partial charge < -0.3 is 0 Å². The van der Waals surface area contributed by atoms with Crippen molar-refractivity contribution in [3.05, 3.63) is 65.0 Å². The van der Waals surface area contributed by atoms with E-state index in [9.17, 15) is 4.39 Å². The first-order valence-electron chi connectivity index (χ1n) is 5.76. The molecule has 1 aliphatic rings. The summed E-state index contributed by atoms with van der Waals surface area (Å²) < 4.78 is 14.0. The van der Waals surface area contributed by atoms with E-state index >= 15 is 0 Å². The second-order valence-electron chi connectivity index (χ2n) is 4.36. The quantitative estimate of drug-likeness (QED) is 0.653. The van der Waals surface area contributed by atoms with Gasteiger partial charge in [-0.05, 0) is 28.8 Å². The van der Waals surface area contributed by atoms with Crippen LogP contribution >= 0.6 is 11.8 Å². The van der Waals surface area contributed by atoms with Gasteiger partial charge in [-0.2, -0.15) is 0 Å². The molecule has 1 heterocycles. The van der Waals surface area contributed by atoms with E-state index in [1.807, 2.05) is 18.2 Å². The summed E-state index contributed by atoms with van der Waals surface area (Å²) >= 11 is 1.80. The van der Waals surface area contributed by atoms with E-state index in [2.05, 4.69) is 19.1 Å². The molecule has 1 atom stereocenters. The minimum Gasteiger partial charge on any atom is -0.207 e. The van der Waals surface area contributed by atoms with Gasteiger partial charge in [0.2, 0.25) is 0 Å². The van der Waals surface area contributed by atoms with Gasteiger partial charge in [0.25, 0.3) is 0 Å². The Morgan fingerprint density at radius 1 is 1.12 bits per heavy atom. The van der Waals surface area contributed by atoms with Crippen molar-refractivity contribution in [2.75, 3.05) is 0 Å². The summed E-state index contributed by atoms with van der Waals surface area (Å²) in [5.41, 5.74) is 3.23. The van der Waals surface area contributed by atoms with Crippen LogP contribution in [0.2, 0.25) is 0 Å². The summed E-state index contributed by atoms with van der Waals surface area (Å²) in [6.45, 7) is 2.09. The van der Waals surface area contributed by atoms with Crippen molar-refractivity contribution in [2.24, 2.45) is 0 Å². The highest BCUT2D eigenvalue weighted by Crippen LogP contribution is 2.40. The zero-order chi connectivity index (χ0) is 11.8. The topological polar surface area (TPSA) is 0 Å². The van der Waals surface area contributed by atoms with Gasteiger partial charge in [-0.15, -0.1) is 11.8 Å². The van der Waals surface area contributed by atoms with Gasteiger partial charge in [0, 0.05) is 16.6 Å². The van der Waals surface area contributed by atoms with Crippen molar-refractivity contribution in [2.45, 2.75) is 23.5 Å². The number of hydrogen-bond acceptors (Lipinski definition) is 1. The number of thioether (sulfide) groups is 1. The molecule has 0 aliphatic carbocycles. The summed E-state index contributed by atoms with van der Waals surface area (Å²) in [7, 11) is 0. The van der Waals surface area contributed by atoms with Crippen molar-refractivity contribution in [3.8, 4) is 0 Å². The minimum atomic E-state index is -0.0766. The van der Waals surface area contributed by atoms with E-state index < -0.39 is 0 Å². The molecule has 0 aromatic heterocycles. The second kappa shape index (κ2) is 4.19. The molecule has 0 unspecified atom stereocenters. The van der Waals surface area contributed by atoms with Crippen molar-refractivity contribution in [1.29, 1.82) is 0 Å². The molecular formula is C15H13FS. The van der Waals surface area contributed by atoms with Crippen molar-refractivity contribution in [3.63, 3.8) is 0 Å². The summed E-state index contributed by atoms with van der Waals surface area (Å²) in [6.07, 6.45) is 0. The Morgan fingerprint density at radius 2 is 1.94 bits per heavy atom. The van der Waals surface area contributed by atoms with E-state index in [-0.39, 0.29) is 11.7 Å². The lowest BCUT2D eigenvalue weighted by molar-refractivity contribution is 0.600. The average molecular weight is 244 g/mol. The minimum absolute atomic E-state index is 0.0766. The molecule has 0 N–H and O–H groups in total. The Morgan fingerprint density at radius 3 is 2.82 bits per heavy atom. The number of halogens is 1. The molecule has 0 saturated heterocycles. The Balaban J connectivity index is 2.22. The monoisotopic (exact) mass is 244 g/mol. The second-order valence-corrected chi connectivity index (χ2v) is 5.38. The Hall–Kier alpha value is -1.28. The molecule has 3 rings (SSSR count). The number of fused-ring (bicyclic) bond motifs is 2. The third kappa shape index (κ3) is 1.77. The van der Waals surface area contributed by atoms with Crippen LogP contribution in [0.3, 0.4) is 0 Å². The highest BCUT2D eigenvalue weighted by molar-refractivity contribution is 7.98. The van der Waals surface area contributed by atoms with Gasteiger partial charge >= 0.3 is 0 Å². The third-order valence-electron chi connectivity index (χ3n) is 3.34. The van der Waals surface area contributed by atoms with E-state index in [0.29, 0.717) is 0 Å². The van der Waals surface area contributed by atoms with Gasteiger partial charge in [-0.1, -0.05) is 37.3 Å². The molecule has 2 aromatic carbocycles. The van der Waals surface area contributed by atoms with Crippen LogP contribution in [-0.2, 0) is 5.75 Å². The normalized spacial score (nSPS) is 18.1. The van der Waals surface area contributed by atoms with Crippen molar-refractivity contribution >= 4 is 11.8 Å². The number of hydrogen-bond donors (Lipinski definition) is 0. The summed E-state index contributed by atoms with van der Waals surface area (Å²) in [5.74, 6) is 0.916. The maximum atomic E-state index is 14.0. The molecule has 0 saturated carbocycles. The molecule has 0 fully saturated rings. The lowest BCUT2D eigenvalue weighted by Gasteiger charge is -2.15. The highest BCUT2D eigenvalue weighted by Gasteiger charge is 2.22. The van der Waals surface area contributed by atoms with Crippen LogP contribution in [0.25, 0.3) is 0 Å². The fourth-order valence-electron chi connectivity index (χ4n) is 2.47. The molecule has 1 aliphatic heterocycles. The maximum absolute atomic E-state index is 14.0. The maximum Gasteiger partial charge on any atom is 0.127 e. The van der Waals surface area contributed by atoms with Crippen molar-refractivity contribution in [1.82, 2.24) is 0 Å².